The maximum atomic E-state index is 8.92. The van der Waals surface area contributed by atoms with E-state index in [2.05, 4.69) is 12.1 Å². The van der Waals surface area contributed by atoms with Crippen LogP contribution in [0.1, 0.15) is 11.1 Å². The van der Waals surface area contributed by atoms with E-state index >= 15 is 0 Å². The van der Waals surface area contributed by atoms with Crippen molar-refractivity contribution in [3.8, 4) is 12.1 Å². The maximum absolute atomic E-state index is 8.92. The SMILES string of the molecule is N#CC1Cc2ccccc2CC1C#N. The van der Waals surface area contributed by atoms with Crippen LogP contribution in [-0.4, -0.2) is 0 Å². The number of rotatable bonds is 0. The first-order valence-corrected chi connectivity index (χ1v) is 4.71. The zero-order valence-electron chi connectivity index (χ0n) is 7.77. The molecule has 2 unspecified atom stereocenters. The average molecular weight is 182 g/mol. The highest BCUT2D eigenvalue weighted by Gasteiger charge is 2.27. The third kappa shape index (κ3) is 1.36. The van der Waals surface area contributed by atoms with Gasteiger partial charge in [-0.05, 0) is 24.0 Å². The predicted octanol–water partition coefficient (Wildman–Crippen LogP) is 2.06. The Kier molecular flexibility index (Phi) is 2.21. The second-order valence-corrected chi connectivity index (χ2v) is 3.65. The van der Waals surface area contributed by atoms with Crippen LogP contribution < -0.4 is 0 Å². The van der Waals surface area contributed by atoms with Gasteiger partial charge in [0.2, 0.25) is 0 Å². The third-order valence-electron chi connectivity index (χ3n) is 2.82. The molecule has 1 aliphatic carbocycles. The van der Waals surface area contributed by atoms with E-state index in [0.29, 0.717) is 0 Å². The van der Waals surface area contributed by atoms with Gasteiger partial charge in [0.05, 0.1) is 24.0 Å². The van der Waals surface area contributed by atoms with Gasteiger partial charge in [0, 0.05) is 0 Å². The molecule has 1 aliphatic rings. The first-order chi connectivity index (χ1) is 6.85. The summed E-state index contributed by atoms with van der Waals surface area (Å²) in [5.41, 5.74) is 2.45. The first kappa shape index (κ1) is 8.78. The predicted molar refractivity (Wildman–Crippen MR) is 52.1 cm³/mol. The minimum atomic E-state index is -0.130. The van der Waals surface area contributed by atoms with Crippen molar-refractivity contribution in [3.63, 3.8) is 0 Å². The van der Waals surface area contributed by atoms with Crippen LogP contribution in [0, 0.1) is 34.5 Å². The Labute approximate surface area is 83.4 Å². The van der Waals surface area contributed by atoms with Crippen molar-refractivity contribution >= 4 is 0 Å². The lowest BCUT2D eigenvalue weighted by Crippen LogP contribution is -2.22. The molecule has 0 amide bonds. The first-order valence-electron chi connectivity index (χ1n) is 4.71. The van der Waals surface area contributed by atoms with Crippen LogP contribution >= 0.6 is 0 Å². The van der Waals surface area contributed by atoms with Crippen LogP contribution in [0.5, 0.6) is 0 Å². The van der Waals surface area contributed by atoms with Crippen molar-refractivity contribution in [2.45, 2.75) is 12.8 Å². The minimum Gasteiger partial charge on any atom is -0.198 e. The number of nitrogens with zero attached hydrogens (tertiary/aromatic N) is 2. The summed E-state index contributed by atoms with van der Waals surface area (Å²) in [6.45, 7) is 0. The van der Waals surface area contributed by atoms with E-state index in [-0.39, 0.29) is 11.8 Å². The van der Waals surface area contributed by atoms with Crippen molar-refractivity contribution in [2.75, 3.05) is 0 Å². The molecule has 0 aliphatic heterocycles. The molecular weight excluding hydrogens is 172 g/mol. The molecule has 1 aromatic carbocycles. The minimum absolute atomic E-state index is 0.130. The molecule has 0 radical (unpaired) electrons. The van der Waals surface area contributed by atoms with Gasteiger partial charge < -0.3 is 0 Å². The maximum Gasteiger partial charge on any atom is 0.0673 e. The lowest BCUT2D eigenvalue weighted by atomic mass is 9.77. The molecule has 0 spiro atoms. The Morgan fingerprint density at radius 1 is 0.929 bits per heavy atom. The monoisotopic (exact) mass is 182 g/mol. The zero-order valence-corrected chi connectivity index (χ0v) is 7.77. The highest BCUT2D eigenvalue weighted by atomic mass is 14.4. The molecule has 2 heteroatoms. The van der Waals surface area contributed by atoms with Gasteiger partial charge in [0.1, 0.15) is 0 Å². The smallest absolute Gasteiger partial charge is 0.0673 e. The summed E-state index contributed by atoms with van der Waals surface area (Å²) in [5.74, 6) is -0.259. The average Bonchev–Trinajstić information content (AvgIpc) is 2.27. The van der Waals surface area contributed by atoms with Crippen molar-refractivity contribution in [1.29, 1.82) is 10.5 Å². The number of nitriles is 2. The molecule has 0 aromatic heterocycles. The van der Waals surface area contributed by atoms with Gasteiger partial charge >= 0.3 is 0 Å². The van der Waals surface area contributed by atoms with E-state index < -0.39 is 0 Å². The van der Waals surface area contributed by atoms with Crippen LogP contribution in [0.4, 0.5) is 0 Å². The van der Waals surface area contributed by atoms with E-state index in [1.54, 1.807) is 0 Å². The van der Waals surface area contributed by atoms with E-state index in [4.69, 9.17) is 10.5 Å². The lowest BCUT2D eigenvalue weighted by molar-refractivity contribution is 0.461. The van der Waals surface area contributed by atoms with Crippen LogP contribution in [0.3, 0.4) is 0 Å². The van der Waals surface area contributed by atoms with Crippen molar-refractivity contribution in [2.24, 2.45) is 11.8 Å². The van der Waals surface area contributed by atoms with Gasteiger partial charge in [-0.15, -0.1) is 0 Å². The summed E-state index contributed by atoms with van der Waals surface area (Å²) in [6.07, 6.45) is 1.45. The molecule has 0 saturated carbocycles. The lowest BCUT2D eigenvalue weighted by Gasteiger charge is -2.23. The molecule has 14 heavy (non-hydrogen) atoms. The highest BCUT2D eigenvalue weighted by Crippen LogP contribution is 2.29. The second-order valence-electron chi connectivity index (χ2n) is 3.65. The fourth-order valence-electron chi connectivity index (χ4n) is 1.99. The van der Waals surface area contributed by atoms with Crippen molar-refractivity contribution in [3.05, 3.63) is 35.4 Å². The van der Waals surface area contributed by atoms with E-state index in [1.165, 1.54) is 11.1 Å². The fraction of sp³-hybridized carbons (Fsp3) is 0.333. The highest BCUT2D eigenvalue weighted by molar-refractivity contribution is 5.33. The summed E-state index contributed by atoms with van der Waals surface area (Å²) in [5, 5.41) is 17.8. The topological polar surface area (TPSA) is 47.6 Å². The van der Waals surface area contributed by atoms with E-state index in [0.717, 1.165) is 12.8 Å². The third-order valence-corrected chi connectivity index (χ3v) is 2.82. The molecule has 2 atom stereocenters. The van der Waals surface area contributed by atoms with Gasteiger partial charge in [-0.3, -0.25) is 0 Å². The van der Waals surface area contributed by atoms with Gasteiger partial charge in [-0.25, -0.2) is 0 Å². The number of fused-ring (bicyclic) bond motifs is 1. The largest absolute Gasteiger partial charge is 0.198 e. The van der Waals surface area contributed by atoms with Crippen molar-refractivity contribution < 1.29 is 0 Å². The summed E-state index contributed by atoms with van der Waals surface area (Å²) in [6, 6.07) is 12.5. The number of benzene rings is 1. The zero-order chi connectivity index (χ0) is 9.97. The molecular formula is C12H10N2. The molecule has 68 valence electrons. The van der Waals surface area contributed by atoms with Crippen LogP contribution in [0.25, 0.3) is 0 Å². The Morgan fingerprint density at radius 2 is 1.36 bits per heavy atom. The summed E-state index contributed by atoms with van der Waals surface area (Å²) < 4.78 is 0. The van der Waals surface area contributed by atoms with Gasteiger partial charge in [0.15, 0.2) is 0 Å². The number of hydrogen-bond donors (Lipinski definition) is 0. The Morgan fingerprint density at radius 3 is 1.71 bits per heavy atom. The van der Waals surface area contributed by atoms with Crippen molar-refractivity contribution in [1.82, 2.24) is 0 Å². The summed E-state index contributed by atoms with van der Waals surface area (Å²) in [7, 11) is 0. The van der Waals surface area contributed by atoms with Gasteiger partial charge in [0.25, 0.3) is 0 Å². The van der Waals surface area contributed by atoms with E-state index in [1.807, 2.05) is 24.3 Å². The second kappa shape index (κ2) is 3.52. The molecule has 2 nitrogen and oxygen atoms in total. The standard InChI is InChI=1S/C12H10N2/c13-7-11-5-9-3-1-2-4-10(9)6-12(11)8-14/h1-4,11-12H,5-6H2. The molecule has 0 heterocycles. The molecule has 0 fully saturated rings. The van der Waals surface area contributed by atoms with Crippen LogP contribution in [-0.2, 0) is 12.8 Å². The molecule has 1 aromatic rings. The van der Waals surface area contributed by atoms with Gasteiger partial charge in [-0.2, -0.15) is 10.5 Å². The molecule has 0 bridgehead atoms. The normalized spacial score (nSPS) is 24.4. The van der Waals surface area contributed by atoms with Gasteiger partial charge in [-0.1, -0.05) is 24.3 Å². The number of hydrogen-bond acceptors (Lipinski definition) is 2. The Balaban J connectivity index is 2.36. The Bertz CT molecular complexity index is 382. The fourth-order valence-corrected chi connectivity index (χ4v) is 1.99. The molecule has 2 rings (SSSR count). The molecule has 0 N–H and O–H groups in total. The van der Waals surface area contributed by atoms with E-state index in [9.17, 15) is 0 Å². The summed E-state index contributed by atoms with van der Waals surface area (Å²) >= 11 is 0. The van der Waals surface area contributed by atoms with Crippen LogP contribution in [0.2, 0.25) is 0 Å². The quantitative estimate of drug-likeness (QED) is 0.616. The van der Waals surface area contributed by atoms with Crippen LogP contribution in [0.15, 0.2) is 24.3 Å². The summed E-state index contributed by atoms with van der Waals surface area (Å²) in [4.78, 5) is 0. The molecule has 0 saturated heterocycles. The Hall–Kier alpha value is -1.80.